The number of piperidine rings is 1. The number of hydrogen-bond donors (Lipinski definition) is 2. The second kappa shape index (κ2) is 12.1. The monoisotopic (exact) mass is 507 g/mol. The Bertz CT molecular complexity index is 755. The summed E-state index contributed by atoms with van der Waals surface area (Å²) in [5, 5.41) is 7.03. The van der Waals surface area contributed by atoms with Crippen molar-refractivity contribution in [2.45, 2.75) is 52.2 Å². The van der Waals surface area contributed by atoms with Gasteiger partial charge in [0, 0.05) is 43.5 Å². The topological polar surface area (TPSA) is 52.6 Å². The summed E-state index contributed by atoms with van der Waals surface area (Å²) >= 11 is 0. The summed E-state index contributed by atoms with van der Waals surface area (Å²) in [6, 6.07) is 15.6. The van der Waals surface area contributed by atoms with E-state index in [2.05, 4.69) is 65.6 Å². The van der Waals surface area contributed by atoms with Crippen molar-refractivity contribution in [1.82, 2.24) is 20.5 Å². The highest BCUT2D eigenvalue weighted by Crippen LogP contribution is 2.18. The van der Waals surface area contributed by atoms with Gasteiger partial charge in [-0.1, -0.05) is 24.3 Å². The second-order valence-corrected chi connectivity index (χ2v) is 7.66. The number of hydrogen-bond acceptors (Lipinski definition) is 3. The Morgan fingerprint density at radius 3 is 2.62 bits per heavy atom. The van der Waals surface area contributed by atoms with Crippen LogP contribution >= 0.6 is 24.0 Å². The van der Waals surface area contributed by atoms with E-state index in [4.69, 9.17) is 4.99 Å². The molecule has 1 aliphatic heterocycles. The van der Waals surface area contributed by atoms with E-state index >= 15 is 0 Å². The van der Waals surface area contributed by atoms with Gasteiger partial charge in [0.25, 0.3) is 0 Å². The van der Waals surface area contributed by atoms with E-state index in [1.807, 2.05) is 24.4 Å². The van der Waals surface area contributed by atoms with E-state index in [0.717, 1.165) is 49.7 Å². The predicted octanol–water partition coefficient (Wildman–Crippen LogP) is 4.29. The molecule has 1 aromatic carbocycles. The summed E-state index contributed by atoms with van der Waals surface area (Å²) in [6.45, 7) is 10.5. The third kappa shape index (κ3) is 7.26. The molecule has 2 aromatic rings. The van der Waals surface area contributed by atoms with E-state index in [9.17, 15) is 0 Å². The van der Waals surface area contributed by atoms with Crippen LogP contribution in [0.5, 0.6) is 0 Å². The molecular weight excluding hydrogens is 473 g/mol. The predicted molar refractivity (Wildman–Crippen MR) is 133 cm³/mol. The Labute approximate surface area is 192 Å². The largest absolute Gasteiger partial charge is 0.357 e. The zero-order valence-corrected chi connectivity index (χ0v) is 20.1. The minimum atomic E-state index is 0. The molecule has 2 N–H and O–H groups in total. The Hall–Kier alpha value is -1.67. The summed E-state index contributed by atoms with van der Waals surface area (Å²) in [5.41, 5.74) is 3.32. The fourth-order valence-electron chi connectivity index (χ4n) is 3.61. The Morgan fingerprint density at radius 2 is 1.97 bits per heavy atom. The summed E-state index contributed by atoms with van der Waals surface area (Å²) in [7, 11) is 0. The maximum atomic E-state index is 4.83. The van der Waals surface area contributed by atoms with Crippen molar-refractivity contribution < 1.29 is 0 Å². The lowest BCUT2D eigenvalue weighted by molar-refractivity contribution is 0.167. The SMILES string of the molecule is CCNC(=NCc1cccc(-c2ccccn2)c1)NC1CCN(C(C)C)CC1.I. The molecule has 29 heavy (non-hydrogen) atoms. The van der Waals surface area contributed by atoms with Gasteiger partial charge in [0.1, 0.15) is 0 Å². The van der Waals surface area contributed by atoms with Crippen molar-refractivity contribution in [2.75, 3.05) is 19.6 Å². The maximum absolute atomic E-state index is 4.83. The van der Waals surface area contributed by atoms with Crippen molar-refractivity contribution in [3.63, 3.8) is 0 Å². The van der Waals surface area contributed by atoms with Crippen LogP contribution in [-0.4, -0.2) is 47.6 Å². The summed E-state index contributed by atoms with van der Waals surface area (Å²) in [4.78, 5) is 11.8. The van der Waals surface area contributed by atoms with Gasteiger partial charge in [0.05, 0.1) is 12.2 Å². The van der Waals surface area contributed by atoms with Gasteiger partial charge in [-0.3, -0.25) is 4.98 Å². The van der Waals surface area contributed by atoms with Gasteiger partial charge in [-0.25, -0.2) is 4.99 Å². The fourth-order valence-corrected chi connectivity index (χ4v) is 3.61. The number of nitrogens with one attached hydrogen (secondary N) is 2. The molecule has 0 saturated carbocycles. The van der Waals surface area contributed by atoms with Crippen LogP contribution in [0.3, 0.4) is 0 Å². The van der Waals surface area contributed by atoms with Gasteiger partial charge in [-0.2, -0.15) is 0 Å². The van der Waals surface area contributed by atoms with Crippen LogP contribution in [-0.2, 0) is 6.54 Å². The number of pyridine rings is 1. The molecule has 1 fully saturated rings. The number of halogens is 1. The van der Waals surface area contributed by atoms with E-state index in [0.29, 0.717) is 18.6 Å². The normalized spacial score (nSPS) is 15.8. The molecule has 1 aromatic heterocycles. The molecule has 3 rings (SSSR count). The van der Waals surface area contributed by atoms with Crippen LogP contribution in [0.2, 0.25) is 0 Å². The van der Waals surface area contributed by atoms with Gasteiger partial charge < -0.3 is 15.5 Å². The lowest BCUT2D eigenvalue weighted by Gasteiger charge is -2.35. The first-order valence-electron chi connectivity index (χ1n) is 10.4. The molecule has 6 heteroatoms. The highest BCUT2D eigenvalue weighted by Gasteiger charge is 2.21. The average Bonchev–Trinajstić information content (AvgIpc) is 2.73. The van der Waals surface area contributed by atoms with Crippen molar-refractivity contribution in [3.05, 3.63) is 54.2 Å². The summed E-state index contributed by atoms with van der Waals surface area (Å²) in [5.74, 6) is 0.911. The van der Waals surface area contributed by atoms with Crippen LogP contribution in [0.15, 0.2) is 53.7 Å². The molecule has 1 saturated heterocycles. The third-order valence-electron chi connectivity index (χ3n) is 5.25. The lowest BCUT2D eigenvalue weighted by Crippen LogP contribution is -2.49. The minimum Gasteiger partial charge on any atom is -0.357 e. The quantitative estimate of drug-likeness (QED) is 0.348. The highest BCUT2D eigenvalue weighted by atomic mass is 127. The highest BCUT2D eigenvalue weighted by molar-refractivity contribution is 14.0. The minimum absolute atomic E-state index is 0. The van der Waals surface area contributed by atoms with Crippen molar-refractivity contribution in [2.24, 2.45) is 4.99 Å². The number of rotatable bonds is 6. The van der Waals surface area contributed by atoms with Gasteiger partial charge in [0.15, 0.2) is 5.96 Å². The van der Waals surface area contributed by atoms with Gasteiger partial charge in [-0.05, 0) is 57.4 Å². The standard InChI is InChI=1S/C23H33N5.HI/c1-4-24-23(27-21-11-14-28(15-12-21)18(2)3)26-17-19-8-7-9-20(16-19)22-10-5-6-13-25-22;/h5-10,13,16,18,21H,4,11-12,14-15,17H2,1-3H3,(H2,24,26,27);1H. The zero-order chi connectivity index (χ0) is 19.8. The second-order valence-electron chi connectivity index (χ2n) is 7.66. The molecule has 0 unspecified atom stereocenters. The summed E-state index contributed by atoms with van der Waals surface area (Å²) in [6.07, 6.45) is 4.16. The number of nitrogens with zero attached hydrogens (tertiary/aromatic N) is 3. The number of likely N-dealkylation sites (tertiary alicyclic amines) is 1. The van der Waals surface area contributed by atoms with Gasteiger partial charge in [0.2, 0.25) is 0 Å². The summed E-state index contributed by atoms with van der Waals surface area (Å²) < 4.78 is 0. The van der Waals surface area contributed by atoms with Crippen molar-refractivity contribution >= 4 is 29.9 Å². The number of aromatic nitrogens is 1. The van der Waals surface area contributed by atoms with E-state index < -0.39 is 0 Å². The van der Waals surface area contributed by atoms with Gasteiger partial charge in [-0.15, -0.1) is 24.0 Å². The van der Waals surface area contributed by atoms with Crippen LogP contribution in [0, 0.1) is 0 Å². The molecule has 5 nitrogen and oxygen atoms in total. The Kier molecular flexibility index (Phi) is 9.87. The molecule has 0 spiro atoms. The number of aliphatic imine (C=N–C) groups is 1. The first-order valence-corrected chi connectivity index (χ1v) is 10.4. The smallest absolute Gasteiger partial charge is 0.191 e. The van der Waals surface area contributed by atoms with Crippen LogP contribution < -0.4 is 10.6 Å². The first kappa shape index (κ1) is 23.6. The molecule has 158 valence electrons. The van der Waals surface area contributed by atoms with Crippen LogP contribution in [0.25, 0.3) is 11.3 Å². The first-order chi connectivity index (χ1) is 13.7. The lowest BCUT2D eigenvalue weighted by atomic mass is 10.0. The van der Waals surface area contributed by atoms with Crippen LogP contribution in [0.1, 0.15) is 39.2 Å². The molecule has 1 aliphatic rings. The maximum Gasteiger partial charge on any atom is 0.191 e. The van der Waals surface area contributed by atoms with E-state index in [-0.39, 0.29) is 24.0 Å². The number of benzene rings is 1. The zero-order valence-electron chi connectivity index (χ0n) is 17.8. The molecule has 0 amide bonds. The molecule has 0 bridgehead atoms. The Morgan fingerprint density at radius 1 is 1.17 bits per heavy atom. The average molecular weight is 507 g/mol. The van der Waals surface area contributed by atoms with E-state index in [1.54, 1.807) is 0 Å². The third-order valence-corrected chi connectivity index (χ3v) is 5.25. The number of guanidine groups is 1. The van der Waals surface area contributed by atoms with Crippen molar-refractivity contribution in [1.29, 1.82) is 0 Å². The van der Waals surface area contributed by atoms with Crippen molar-refractivity contribution in [3.8, 4) is 11.3 Å². The molecule has 0 radical (unpaired) electrons. The molecule has 2 heterocycles. The van der Waals surface area contributed by atoms with Gasteiger partial charge >= 0.3 is 0 Å². The molecule has 0 aliphatic carbocycles. The molecular formula is C23H34IN5. The van der Waals surface area contributed by atoms with E-state index in [1.165, 1.54) is 5.56 Å². The van der Waals surface area contributed by atoms with Crippen LogP contribution in [0.4, 0.5) is 0 Å². The fraction of sp³-hybridized carbons (Fsp3) is 0.478. The molecule has 0 atom stereocenters. The Balaban J connectivity index is 0.00000300.